The molecule has 19 heavy (non-hydrogen) atoms. The van der Waals surface area contributed by atoms with Crippen LogP contribution in [0.15, 0.2) is 0 Å². The number of rotatable bonds is 5. The van der Waals surface area contributed by atoms with Crippen LogP contribution in [0.2, 0.25) is 0 Å². The number of nitrogens with zero attached hydrogens (tertiary/aromatic N) is 2. The smallest absolute Gasteiger partial charge is 0.0963 e. The van der Waals surface area contributed by atoms with E-state index in [1.54, 1.807) is 0 Å². The highest BCUT2D eigenvalue weighted by atomic mass is 15.3. The summed E-state index contributed by atoms with van der Waals surface area (Å²) in [5, 5.41) is 7.61. The maximum atomic E-state index is 7.61. The van der Waals surface area contributed by atoms with Gasteiger partial charge in [-0.15, -0.1) is 0 Å². The van der Waals surface area contributed by atoms with Crippen molar-refractivity contribution in [2.75, 3.05) is 32.7 Å². The SMILES string of the molecule is CC(C)(CCCN1CCCN2CCCC2C1)C(=N)N. The lowest BCUT2D eigenvalue weighted by atomic mass is 9.86. The van der Waals surface area contributed by atoms with Crippen molar-refractivity contribution in [1.82, 2.24) is 9.80 Å². The van der Waals surface area contributed by atoms with Gasteiger partial charge in [0.15, 0.2) is 0 Å². The van der Waals surface area contributed by atoms with E-state index in [0.29, 0.717) is 5.84 Å². The van der Waals surface area contributed by atoms with Crippen LogP contribution >= 0.6 is 0 Å². The van der Waals surface area contributed by atoms with Gasteiger partial charge < -0.3 is 10.6 Å². The van der Waals surface area contributed by atoms with Gasteiger partial charge in [0.05, 0.1) is 5.84 Å². The normalized spacial score (nSPS) is 26.1. The quantitative estimate of drug-likeness (QED) is 0.590. The predicted octanol–water partition coefficient (Wildman–Crippen LogP) is 1.90. The third-order valence-electron chi connectivity index (χ3n) is 4.89. The minimum absolute atomic E-state index is 0.134. The standard InChI is InChI=1S/C15H30N4/c1-15(2,14(16)17)7-4-8-18-9-5-11-19-10-3-6-13(19)12-18/h13H,3-12H2,1-2H3,(H3,16,17). The van der Waals surface area contributed by atoms with Crippen molar-refractivity contribution in [3.05, 3.63) is 0 Å². The summed E-state index contributed by atoms with van der Waals surface area (Å²) in [7, 11) is 0. The summed E-state index contributed by atoms with van der Waals surface area (Å²) < 4.78 is 0. The van der Waals surface area contributed by atoms with Gasteiger partial charge in [0.2, 0.25) is 0 Å². The van der Waals surface area contributed by atoms with Crippen LogP contribution in [0.4, 0.5) is 0 Å². The van der Waals surface area contributed by atoms with Gasteiger partial charge in [0.25, 0.3) is 0 Å². The molecule has 0 radical (unpaired) electrons. The number of nitrogens with one attached hydrogen (secondary N) is 1. The Morgan fingerprint density at radius 1 is 1.26 bits per heavy atom. The topological polar surface area (TPSA) is 56.4 Å². The maximum absolute atomic E-state index is 7.61. The molecule has 4 nitrogen and oxygen atoms in total. The fraction of sp³-hybridized carbons (Fsp3) is 0.933. The van der Waals surface area contributed by atoms with Crippen LogP contribution in [-0.4, -0.2) is 54.4 Å². The van der Waals surface area contributed by atoms with Crippen LogP contribution in [0.1, 0.15) is 46.0 Å². The molecule has 4 heteroatoms. The van der Waals surface area contributed by atoms with Gasteiger partial charge >= 0.3 is 0 Å². The molecule has 0 amide bonds. The Morgan fingerprint density at radius 3 is 2.74 bits per heavy atom. The molecule has 2 aliphatic rings. The summed E-state index contributed by atoms with van der Waals surface area (Å²) in [6.07, 6.45) is 6.25. The van der Waals surface area contributed by atoms with Crippen molar-refractivity contribution in [3.63, 3.8) is 0 Å². The molecule has 0 aromatic rings. The molecule has 2 rings (SSSR count). The Kier molecular flexibility index (Phi) is 4.85. The van der Waals surface area contributed by atoms with E-state index in [0.717, 1.165) is 18.9 Å². The number of amidine groups is 1. The average Bonchev–Trinajstić information content (AvgIpc) is 2.68. The van der Waals surface area contributed by atoms with Gasteiger partial charge in [0.1, 0.15) is 0 Å². The highest BCUT2D eigenvalue weighted by molar-refractivity contribution is 5.82. The van der Waals surface area contributed by atoms with Crippen LogP contribution in [0.5, 0.6) is 0 Å². The lowest BCUT2D eigenvalue weighted by molar-refractivity contribution is 0.214. The first-order valence-electron chi connectivity index (χ1n) is 7.80. The third-order valence-corrected chi connectivity index (χ3v) is 4.89. The first kappa shape index (κ1) is 14.8. The molecule has 1 atom stereocenters. The monoisotopic (exact) mass is 266 g/mol. The Hall–Kier alpha value is -0.610. The van der Waals surface area contributed by atoms with Crippen LogP contribution < -0.4 is 5.73 Å². The van der Waals surface area contributed by atoms with E-state index in [9.17, 15) is 0 Å². The minimum Gasteiger partial charge on any atom is -0.387 e. The van der Waals surface area contributed by atoms with E-state index in [-0.39, 0.29) is 5.41 Å². The van der Waals surface area contributed by atoms with E-state index < -0.39 is 0 Å². The molecule has 0 aromatic heterocycles. The fourth-order valence-electron chi connectivity index (χ4n) is 3.37. The number of hydrogen-bond donors (Lipinski definition) is 2. The zero-order chi connectivity index (χ0) is 13.9. The lowest BCUT2D eigenvalue weighted by Crippen LogP contribution is -2.37. The zero-order valence-electron chi connectivity index (χ0n) is 12.6. The lowest BCUT2D eigenvalue weighted by Gasteiger charge is -2.27. The van der Waals surface area contributed by atoms with Crippen molar-refractivity contribution in [2.45, 2.75) is 52.0 Å². The van der Waals surface area contributed by atoms with E-state index in [4.69, 9.17) is 11.1 Å². The van der Waals surface area contributed by atoms with Gasteiger partial charge in [-0.25, -0.2) is 0 Å². The van der Waals surface area contributed by atoms with Crippen molar-refractivity contribution < 1.29 is 0 Å². The Bertz CT molecular complexity index is 313. The molecule has 0 aromatic carbocycles. The van der Waals surface area contributed by atoms with Crippen LogP contribution in [0, 0.1) is 10.8 Å². The molecular weight excluding hydrogens is 236 g/mol. The minimum atomic E-state index is -0.134. The molecule has 2 fully saturated rings. The molecule has 3 N–H and O–H groups in total. The number of nitrogens with two attached hydrogens (primary N) is 1. The number of hydrogen-bond acceptors (Lipinski definition) is 3. The summed E-state index contributed by atoms with van der Waals surface area (Å²) in [5.41, 5.74) is 5.51. The second-order valence-electron chi connectivity index (χ2n) is 6.89. The molecule has 1 unspecified atom stereocenters. The summed E-state index contributed by atoms with van der Waals surface area (Å²) in [4.78, 5) is 5.31. The van der Waals surface area contributed by atoms with Gasteiger partial charge in [-0.3, -0.25) is 10.3 Å². The zero-order valence-corrected chi connectivity index (χ0v) is 12.6. The predicted molar refractivity (Wildman–Crippen MR) is 80.6 cm³/mol. The Labute approximate surface area is 117 Å². The highest BCUT2D eigenvalue weighted by Gasteiger charge is 2.28. The van der Waals surface area contributed by atoms with Crippen molar-refractivity contribution in [1.29, 1.82) is 5.41 Å². The van der Waals surface area contributed by atoms with Crippen molar-refractivity contribution in [3.8, 4) is 0 Å². The van der Waals surface area contributed by atoms with E-state index in [1.165, 1.54) is 52.0 Å². The van der Waals surface area contributed by atoms with Gasteiger partial charge in [-0.05, 0) is 58.3 Å². The Balaban J connectivity index is 1.75. The highest BCUT2D eigenvalue weighted by Crippen LogP contribution is 2.24. The first-order chi connectivity index (χ1) is 8.99. The molecular formula is C15H30N4. The molecule has 2 aliphatic heterocycles. The molecule has 0 spiro atoms. The van der Waals surface area contributed by atoms with Gasteiger partial charge in [-0.1, -0.05) is 13.8 Å². The largest absolute Gasteiger partial charge is 0.387 e. The maximum Gasteiger partial charge on any atom is 0.0963 e. The summed E-state index contributed by atoms with van der Waals surface area (Å²) in [6.45, 7) is 10.4. The molecule has 0 bridgehead atoms. The second kappa shape index (κ2) is 6.23. The van der Waals surface area contributed by atoms with Crippen LogP contribution in [-0.2, 0) is 0 Å². The Morgan fingerprint density at radius 2 is 2.00 bits per heavy atom. The second-order valence-corrected chi connectivity index (χ2v) is 6.89. The molecule has 2 saturated heterocycles. The third kappa shape index (κ3) is 3.93. The summed E-state index contributed by atoms with van der Waals surface area (Å²) in [5.74, 6) is 0.324. The van der Waals surface area contributed by atoms with Crippen LogP contribution in [0.25, 0.3) is 0 Å². The van der Waals surface area contributed by atoms with Crippen molar-refractivity contribution >= 4 is 5.84 Å². The van der Waals surface area contributed by atoms with Crippen LogP contribution in [0.3, 0.4) is 0 Å². The van der Waals surface area contributed by atoms with Gasteiger partial charge in [-0.2, -0.15) is 0 Å². The first-order valence-corrected chi connectivity index (χ1v) is 7.80. The van der Waals surface area contributed by atoms with E-state index in [2.05, 4.69) is 23.6 Å². The number of fused-ring (bicyclic) bond motifs is 1. The van der Waals surface area contributed by atoms with Gasteiger partial charge in [0, 0.05) is 18.0 Å². The van der Waals surface area contributed by atoms with E-state index in [1.807, 2.05) is 0 Å². The molecule has 0 aliphatic carbocycles. The fourth-order valence-corrected chi connectivity index (χ4v) is 3.37. The molecule has 0 saturated carbocycles. The molecule has 110 valence electrons. The molecule has 2 heterocycles. The summed E-state index contributed by atoms with van der Waals surface area (Å²) in [6, 6.07) is 0.809. The van der Waals surface area contributed by atoms with Crippen molar-refractivity contribution in [2.24, 2.45) is 11.1 Å². The summed E-state index contributed by atoms with van der Waals surface area (Å²) >= 11 is 0. The van der Waals surface area contributed by atoms with E-state index >= 15 is 0 Å². The average molecular weight is 266 g/mol.